The van der Waals surface area contributed by atoms with E-state index >= 15 is 0 Å². The Morgan fingerprint density at radius 2 is 1.55 bits per heavy atom. The Bertz CT molecular complexity index is 1440. The molecular formula is C35H47BN4O7. The first kappa shape index (κ1) is 34.4. The summed E-state index contributed by atoms with van der Waals surface area (Å²) in [7, 11) is 0.614. The van der Waals surface area contributed by atoms with Gasteiger partial charge in [0.15, 0.2) is 0 Å². The van der Waals surface area contributed by atoms with E-state index in [4.69, 9.17) is 14.0 Å². The molecule has 7 unspecified atom stereocenters. The zero-order chi connectivity index (χ0) is 33.9. The SMILES string of the molecule is COC(=O)NC(C(=O)NC(Cc1ccccc1)C(=O)NC(C(=O)NCB1OC2CC3CC(C3(C)C)C2(C)O1)c1ccccc1)C(C)C. The van der Waals surface area contributed by atoms with Gasteiger partial charge >= 0.3 is 13.2 Å². The van der Waals surface area contributed by atoms with Gasteiger partial charge in [0, 0.05) is 6.42 Å². The second kappa shape index (κ2) is 14.1. The molecule has 2 aromatic carbocycles. The van der Waals surface area contributed by atoms with Crippen LogP contribution >= 0.6 is 0 Å². The summed E-state index contributed by atoms with van der Waals surface area (Å²) in [5.41, 5.74) is 1.18. The van der Waals surface area contributed by atoms with Gasteiger partial charge in [-0.3, -0.25) is 14.4 Å². The second-order valence-electron chi connectivity index (χ2n) is 14.1. The molecule has 11 nitrogen and oxygen atoms in total. The molecule has 4 N–H and O–H groups in total. The predicted octanol–water partition coefficient (Wildman–Crippen LogP) is 3.34. The molecule has 0 aromatic heterocycles. The molecule has 4 amide bonds. The van der Waals surface area contributed by atoms with E-state index in [1.807, 2.05) is 36.4 Å². The summed E-state index contributed by atoms with van der Waals surface area (Å²) in [4.78, 5) is 53.1. The van der Waals surface area contributed by atoms with Crippen molar-refractivity contribution >= 4 is 30.9 Å². The lowest BCUT2D eigenvalue weighted by Gasteiger charge is -2.64. The maximum atomic E-state index is 13.9. The minimum atomic E-state index is -1.06. The Balaban J connectivity index is 1.30. The zero-order valence-corrected chi connectivity index (χ0v) is 28.1. The third kappa shape index (κ3) is 7.33. The summed E-state index contributed by atoms with van der Waals surface area (Å²) in [6, 6.07) is 15.1. The van der Waals surface area contributed by atoms with Crippen LogP contribution in [0, 0.1) is 23.2 Å². The van der Waals surface area contributed by atoms with Crippen LogP contribution in [0.1, 0.15) is 64.6 Å². The van der Waals surface area contributed by atoms with Crippen molar-refractivity contribution in [2.24, 2.45) is 23.2 Å². The number of nitrogens with one attached hydrogen (secondary N) is 4. The highest BCUT2D eigenvalue weighted by Crippen LogP contribution is 2.65. The Morgan fingerprint density at radius 3 is 2.17 bits per heavy atom. The number of hydrogen-bond donors (Lipinski definition) is 4. The fraction of sp³-hybridized carbons (Fsp3) is 0.543. The van der Waals surface area contributed by atoms with E-state index in [1.54, 1.807) is 38.1 Å². The van der Waals surface area contributed by atoms with Crippen LogP contribution in [0.4, 0.5) is 4.79 Å². The van der Waals surface area contributed by atoms with E-state index in [-0.39, 0.29) is 30.3 Å². The number of hydrogen-bond acceptors (Lipinski definition) is 7. The lowest BCUT2D eigenvalue weighted by atomic mass is 9.43. The predicted molar refractivity (Wildman–Crippen MR) is 177 cm³/mol. The van der Waals surface area contributed by atoms with Crippen molar-refractivity contribution < 1.29 is 33.2 Å². The van der Waals surface area contributed by atoms with Crippen molar-refractivity contribution in [2.75, 3.05) is 13.6 Å². The summed E-state index contributed by atoms with van der Waals surface area (Å²) in [5, 5.41) is 11.2. The summed E-state index contributed by atoms with van der Waals surface area (Å²) in [6.45, 7) is 10.3. The number of methoxy groups -OCH3 is 1. The van der Waals surface area contributed by atoms with Crippen molar-refractivity contribution in [3.63, 3.8) is 0 Å². The van der Waals surface area contributed by atoms with Gasteiger partial charge in [-0.15, -0.1) is 0 Å². The average Bonchev–Trinajstić information content (AvgIpc) is 3.41. The first-order valence-corrected chi connectivity index (χ1v) is 16.5. The van der Waals surface area contributed by atoms with Crippen LogP contribution in [0.15, 0.2) is 60.7 Å². The highest BCUT2D eigenvalue weighted by atomic mass is 16.7. The summed E-state index contributed by atoms with van der Waals surface area (Å²) in [5.74, 6) is -0.823. The van der Waals surface area contributed by atoms with Crippen LogP contribution in [0.3, 0.4) is 0 Å². The van der Waals surface area contributed by atoms with Crippen molar-refractivity contribution in [2.45, 2.75) is 83.7 Å². The molecule has 4 aliphatic rings. The van der Waals surface area contributed by atoms with Gasteiger partial charge in [0.25, 0.3) is 0 Å². The first-order valence-electron chi connectivity index (χ1n) is 16.5. The second-order valence-corrected chi connectivity index (χ2v) is 14.1. The van der Waals surface area contributed by atoms with Crippen LogP contribution in [-0.2, 0) is 34.9 Å². The van der Waals surface area contributed by atoms with Crippen LogP contribution in [0.5, 0.6) is 0 Å². The number of benzene rings is 2. The highest BCUT2D eigenvalue weighted by Gasteiger charge is 2.67. The molecule has 47 heavy (non-hydrogen) atoms. The van der Waals surface area contributed by atoms with E-state index in [2.05, 4.69) is 42.0 Å². The smallest absolute Gasteiger partial charge is 0.453 e. The highest BCUT2D eigenvalue weighted by molar-refractivity contribution is 6.46. The molecular weight excluding hydrogens is 599 g/mol. The van der Waals surface area contributed by atoms with Crippen molar-refractivity contribution in [1.29, 1.82) is 0 Å². The quantitative estimate of drug-likeness (QED) is 0.259. The first-order chi connectivity index (χ1) is 22.3. The fourth-order valence-corrected chi connectivity index (χ4v) is 7.55. The standard InChI is InChI=1S/C35H47BN4O7/c1-21(2)28(40-33(44)45-6)32(43)38-25(17-22-13-9-7-10-14-22)30(41)39-29(23-15-11-8-12-16-23)31(42)37-20-36-46-27-19-24-18-26(34(24,3)4)35(27,5)47-36/h7-16,21,24-29H,17-20H2,1-6H3,(H,37,42)(H,38,43)(H,39,41)(H,40,44). The van der Waals surface area contributed by atoms with E-state index < -0.39 is 54.7 Å². The van der Waals surface area contributed by atoms with Crippen LogP contribution in [0.2, 0.25) is 0 Å². The van der Waals surface area contributed by atoms with Crippen LogP contribution in [0.25, 0.3) is 0 Å². The molecule has 4 fully saturated rings. The molecule has 1 aliphatic heterocycles. The van der Waals surface area contributed by atoms with Gasteiger partial charge in [-0.05, 0) is 54.1 Å². The van der Waals surface area contributed by atoms with Gasteiger partial charge in [-0.2, -0.15) is 0 Å². The number of rotatable bonds is 12. The average molecular weight is 647 g/mol. The zero-order valence-electron chi connectivity index (χ0n) is 28.1. The van der Waals surface area contributed by atoms with E-state index in [0.29, 0.717) is 17.4 Å². The van der Waals surface area contributed by atoms with Gasteiger partial charge in [-0.25, -0.2) is 4.79 Å². The Hall–Kier alpha value is -3.90. The van der Waals surface area contributed by atoms with Crippen molar-refractivity contribution in [1.82, 2.24) is 21.3 Å². The minimum absolute atomic E-state index is 0.0171. The minimum Gasteiger partial charge on any atom is -0.453 e. The topological polar surface area (TPSA) is 144 Å². The largest absolute Gasteiger partial charge is 0.478 e. The van der Waals surface area contributed by atoms with E-state index in [9.17, 15) is 19.2 Å². The van der Waals surface area contributed by atoms with E-state index in [0.717, 1.165) is 18.4 Å². The van der Waals surface area contributed by atoms with Crippen molar-refractivity contribution in [3.05, 3.63) is 71.8 Å². The molecule has 0 spiro atoms. The lowest BCUT2D eigenvalue weighted by molar-refractivity contribution is -0.199. The number of carbonyl (C=O) groups is 4. The molecule has 0 radical (unpaired) electrons. The third-order valence-corrected chi connectivity index (χ3v) is 10.4. The molecule has 2 bridgehead atoms. The number of amides is 4. The molecule has 1 heterocycles. The summed E-state index contributed by atoms with van der Waals surface area (Å²) in [6.07, 6.45) is 1.58. The monoisotopic (exact) mass is 646 g/mol. The van der Waals surface area contributed by atoms with Gasteiger partial charge in [0.2, 0.25) is 17.7 Å². The summed E-state index contributed by atoms with van der Waals surface area (Å²) >= 11 is 0. The molecule has 252 valence electrons. The maximum absolute atomic E-state index is 13.9. The lowest BCUT2D eigenvalue weighted by Crippen LogP contribution is -2.65. The Kier molecular flexibility index (Phi) is 10.3. The molecule has 7 atom stereocenters. The molecule has 1 saturated heterocycles. The molecule has 3 aliphatic carbocycles. The molecule has 12 heteroatoms. The maximum Gasteiger partial charge on any atom is 0.478 e. The Labute approximate surface area is 277 Å². The van der Waals surface area contributed by atoms with Gasteiger partial charge < -0.3 is 35.3 Å². The van der Waals surface area contributed by atoms with Crippen molar-refractivity contribution in [3.8, 4) is 0 Å². The Morgan fingerprint density at radius 1 is 0.894 bits per heavy atom. The van der Waals surface area contributed by atoms with E-state index in [1.165, 1.54) is 7.11 Å². The number of alkyl carbamates (subject to hydrolysis) is 1. The molecule has 2 aromatic rings. The van der Waals surface area contributed by atoms with Gasteiger partial charge in [-0.1, -0.05) is 88.4 Å². The van der Waals surface area contributed by atoms with Crippen LogP contribution in [-0.4, -0.2) is 68.3 Å². The number of carbonyl (C=O) groups excluding carboxylic acids is 4. The summed E-state index contributed by atoms with van der Waals surface area (Å²) < 4.78 is 17.5. The molecule has 6 rings (SSSR count). The van der Waals surface area contributed by atoms with Gasteiger partial charge in [0.05, 0.1) is 25.3 Å². The third-order valence-electron chi connectivity index (χ3n) is 10.4. The van der Waals surface area contributed by atoms with Gasteiger partial charge in [0.1, 0.15) is 18.1 Å². The normalized spacial score (nSPS) is 25.8. The fourth-order valence-electron chi connectivity index (χ4n) is 7.55. The molecule has 3 saturated carbocycles. The van der Waals surface area contributed by atoms with Crippen LogP contribution < -0.4 is 21.3 Å². The number of ether oxygens (including phenoxy) is 1.